The Morgan fingerprint density at radius 1 is 1.62 bits per heavy atom. The van der Waals surface area contributed by atoms with Gasteiger partial charge < -0.3 is 5.11 Å². The lowest BCUT2D eigenvalue weighted by molar-refractivity contribution is 0.405. The van der Waals surface area contributed by atoms with Gasteiger partial charge in [-0.2, -0.15) is 0 Å². The molecule has 8 heavy (non-hydrogen) atoms. The van der Waals surface area contributed by atoms with Crippen molar-refractivity contribution >= 4 is 0 Å². The molecule has 0 unspecified atom stereocenters. The van der Waals surface area contributed by atoms with E-state index < -0.39 is 5.79 Å². The van der Waals surface area contributed by atoms with Gasteiger partial charge in [0.15, 0.2) is 0 Å². The molecular weight excluding hydrogens is 108 g/mol. The predicted molar refractivity (Wildman–Crippen MR) is 26.7 cm³/mol. The summed E-state index contributed by atoms with van der Waals surface area (Å²) in [6.07, 6.45) is 1.16. The van der Waals surface area contributed by atoms with Gasteiger partial charge in [0.25, 0.3) is 0 Å². The van der Waals surface area contributed by atoms with Gasteiger partial charge in [0.2, 0.25) is 11.7 Å². The Morgan fingerprint density at radius 2 is 2.25 bits per heavy atom. The lowest BCUT2D eigenvalue weighted by Crippen LogP contribution is -2.43. The fraction of sp³-hybridized carbons (Fsp3) is 0.333. The van der Waals surface area contributed by atoms with Crippen LogP contribution in [0.2, 0.25) is 0 Å². The second-order valence-electron chi connectivity index (χ2n) is 1.59. The maximum Gasteiger partial charge on any atom is 0.231 e. The second kappa shape index (κ2) is 1.27. The maximum atomic E-state index is 8.51. The molecule has 0 spiro atoms. The van der Waals surface area contributed by atoms with E-state index in [-0.39, 0.29) is 5.88 Å². The molecule has 0 amide bonds. The topological polar surface area (TPSA) is 97.0 Å². The molecule has 5 nitrogen and oxygen atoms in total. The Labute approximate surface area is 45.7 Å². The molecule has 0 saturated heterocycles. The smallest absolute Gasteiger partial charge is 0.231 e. The fourth-order valence-electron chi connectivity index (χ4n) is 0.402. The van der Waals surface area contributed by atoms with Gasteiger partial charge in [-0.25, -0.2) is 0 Å². The van der Waals surface area contributed by atoms with E-state index in [9.17, 15) is 0 Å². The molecule has 1 aliphatic heterocycles. The van der Waals surface area contributed by atoms with Crippen molar-refractivity contribution in [3.05, 3.63) is 12.0 Å². The highest BCUT2D eigenvalue weighted by Crippen LogP contribution is 2.10. The number of nitrogens with two attached hydrogens (primary N) is 2. The zero-order valence-corrected chi connectivity index (χ0v) is 4.07. The molecular formula is C3H6N4O. The van der Waals surface area contributed by atoms with Crippen LogP contribution in [0, 0.1) is 0 Å². The van der Waals surface area contributed by atoms with Crippen molar-refractivity contribution in [1.82, 2.24) is 0 Å². The van der Waals surface area contributed by atoms with Gasteiger partial charge in [0.1, 0.15) is 0 Å². The number of aliphatic hydroxyl groups excluding tert-OH is 1. The minimum atomic E-state index is -1.29. The number of aliphatic hydroxyl groups is 1. The number of rotatable bonds is 0. The van der Waals surface area contributed by atoms with E-state index in [4.69, 9.17) is 16.6 Å². The summed E-state index contributed by atoms with van der Waals surface area (Å²) in [5.74, 6) is -1.51. The van der Waals surface area contributed by atoms with Crippen LogP contribution in [0.4, 0.5) is 0 Å². The Kier molecular flexibility index (Phi) is 0.825. The summed E-state index contributed by atoms with van der Waals surface area (Å²) in [6.45, 7) is 0. The highest BCUT2D eigenvalue weighted by atomic mass is 16.3. The van der Waals surface area contributed by atoms with Crippen LogP contribution in [-0.2, 0) is 0 Å². The Morgan fingerprint density at radius 3 is 2.38 bits per heavy atom. The van der Waals surface area contributed by atoms with Crippen molar-refractivity contribution in [1.29, 1.82) is 0 Å². The SMILES string of the molecule is NC1(N)C=C(O)N=N1. The molecule has 0 aromatic rings. The molecule has 0 saturated carbocycles. The van der Waals surface area contributed by atoms with Gasteiger partial charge >= 0.3 is 0 Å². The fourth-order valence-corrected chi connectivity index (χ4v) is 0.402. The highest BCUT2D eigenvalue weighted by Gasteiger charge is 2.20. The molecule has 5 heteroatoms. The molecule has 1 aliphatic rings. The largest absolute Gasteiger partial charge is 0.492 e. The van der Waals surface area contributed by atoms with Crippen LogP contribution in [-0.4, -0.2) is 10.9 Å². The quantitative estimate of drug-likeness (QED) is 0.367. The lowest BCUT2D eigenvalue weighted by Gasteiger charge is -2.04. The number of hydrogen-bond acceptors (Lipinski definition) is 5. The van der Waals surface area contributed by atoms with Crippen molar-refractivity contribution in [2.75, 3.05) is 0 Å². The van der Waals surface area contributed by atoms with Crippen LogP contribution >= 0.6 is 0 Å². The summed E-state index contributed by atoms with van der Waals surface area (Å²) in [7, 11) is 0. The van der Waals surface area contributed by atoms with Crippen LogP contribution in [0.1, 0.15) is 0 Å². The molecule has 0 atom stereocenters. The van der Waals surface area contributed by atoms with Crippen molar-refractivity contribution < 1.29 is 5.11 Å². The minimum Gasteiger partial charge on any atom is -0.492 e. The first-order valence-electron chi connectivity index (χ1n) is 2.03. The molecule has 1 rings (SSSR count). The van der Waals surface area contributed by atoms with E-state index >= 15 is 0 Å². The Bertz CT molecular complexity index is 159. The average Bonchev–Trinajstić information content (AvgIpc) is 1.82. The molecule has 5 N–H and O–H groups in total. The van der Waals surface area contributed by atoms with Gasteiger partial charge in [0.05, 0.1) is 0 Å². The van der Waals surface area contributed by atoms with E-state index in [1.54, 1.807) is 0 Å². The summed E-state index contributed by atoms with van der Waals surface area (Å²) in [6, 6.07) is 0. The Hall–Kier alpha value is -0.940. The third kappa shape index (κ3) is 0.824. The summed E-state index contributed by atoms with van der Waals surface area (Å²) < 4.78 is 0. The van der Waals surface area contributed by atoms with Crippen LogP contribution in [0.15, 0.2) is 22.2 Å². The lowest BCUT2D eigenvalue weighted by atomic mass is 10.4. The van der Waals surface area contributed by atoms with Crippen molar-refractivity contribution in [3.8, 4) is 0 Å². The molecule has 44 valence electrons. The van der Waals surface area contributed by atoms with E-state index in [0.29, 0.717) is 0 Å². The summed E-state index contributed by atoms with van der Waals surface area (Å²) in [4.78, 5) is 0. The van der Waals surface area contributed by atoms with Crippen LogP contribution in [0.3, 0.4) is 0 Å². The zero-order valence-electron chi connectivity index (χ0n) is 4.07. The van der Waals surface area contributed by atoms with E-state index in [2.05, 4.69) is 10.2 Å². The predicted octanol–water partition coefficient (Wildman–Crippen LogP) is -0.577. The zero-order chi connectivity index (χ0) is 6.20. The molecule has 0 bridgehead atoms. The van der Waals surface area contributed by atoms with E-state index in [1.165, 1.54) is 0 Å². The number of hydrogen-bond donors (Lipinski definition) is 3. The molecule has 0 radical (unpaired) electrons. The van der Waals surface area contributed by atoms with E-state index in [1.807, 2.05) is 0 Å². The van der Waals surface area contributed by atoms with Crippen LogP contribution < -0.4 is 11.5 Å². The first-order chi connectivity index (χ1) is 3.60. The summed E-state index contributed by atoms with van der Waals surface area (Å²) in [5, 5.41) is 15.0. The van der Waals surface area contributed by atoms with Crippen molar-refractivity contribution in [2.24, 2.45) is 21.7 Å². The minimum absolute atomic E-state index is 0.227. The highest BCUT2D eigenvalue weighted by molar-refractivity contribution is 5.06. The molecule has 1 heterocycles. The van der Waals surface area contributed by atoms with E-state index in [0.717, 1.165) is 6.08 Å². The second-order valence-corrected chi connectivity index (χ2v) is 1.59. The van der Waals surface area contributed by atoms with Crippen molar-refractivity contribution in [3.63, 3.8) is 0 Å². The Balaban J connectivity index is 2.84. The normalized spacial score (nSPS) is 23.5. The van der Waals surface area contributed by atoms with Gasteiger partial charge in [-0.1, -0.05) is 0 Å². The number of azo groups is 1. The third-order valence-electron chi connectivity index (χ3n) is 0.686. The van der Waals surface area contributed by atoms with Crippen LogP contribution in [0.25, 0.3) is 0 Å². The van der Waals surface area contributed by atoms with Gasteiger partial charge in [0, 0.05) is 6.08 Å². The molecule has 0 fully saturated rings. The summed E-state index contributed by atoms with van der Waals surface area (Å²) in [5.41, 5.74) is 10.3. The average molecular weight is 114 g/mol. The van der Waals surface area contributed by atoms with Gasteiger partial charge in [-0.15, -0.1) is 10.2 Å². The third-order valence-corrected chi connectivity index (χ3v) is 0.686. The first-order valence-corrected chi connectivity index (χ1v) is 2.03. The molecule has 0 aromatic carbocycles. The van der Waals surface area contributed by atoms with Gasteiger partial charge in [-0.3, -0.25) is 11.5 Å². The molecule has 0 aliphatic carbocycles. The standard InChI is InChI=1S/C3H6N4O/c4-3(5)1-2(8)6-7-3/h1,8H,4-5H2. The monoisotopic (exact) mass is 114 g/mol. The molecule has 0 aromatic heterocycles. The summed E-state index contributed by atoms with van der Waals surface area (Å²) >= 11 is 0. The maximum absolute atomic E-state index is 8.51. The number of nitrogens with zero attached hydrogens (tertiary/aromatic N) is 2. The van der Waals surface area contributed by atoms with Crippen molar-refractivity contribution in [2.45, 2.75) is 5.79 Å². The van der Waals surface area contributed by atoms with Crippen LogP contribution in [0.5, 0.6) is 0 Å². The first kappa shape index (κ1) is 5.20. The van der Waals surface area contributed by atoms with Gasteiger partial charge in [-0.05, 0) is 0 Å².